The molecule has 4 saturated carbocycles. The van der Waals surface area contributed by atoms with Gasteiger partial charge in [0.2, 0.25) is 0 Å². The molecule has 0 bridgehead atoms. The summed E-state index contributed by atoms with van der Waals surface area (Å²) in [6.45, 7) is 17.2. The number of hydrogen-bond acceptors (Lipinski definition) is 2. The SMILES string of the molecule is C=C(C)N(CC(C)C1CCC2C3CCC4CC(CC)(CC)CCC4C3CCC12C)N=NC. The van der Waals surface area contributed by atoms with E-state index in [-0.39, 0.29) is 0 Å². The molecule has 4 rings (SSSR count). The maximum Gasteiger partial charge on any atom is 0.0509 e. The average molecular weight is 442 g/mol. The van der Waals surface area contributed by atoms with Crippen LogP contribution in [0.5, 0.6) is 0 Å². The molecule has 0 aromatic rings. The Balaban J connectivity index is 1.46. The summed E-state index contributed by atoms with van der Waals surface area (Å²) in [6, 6.07) is 0. The number of fused-ring (bicyclic) bond motifs is 5. The molecule has 0 aromatic carbocycles. The van der Waals surface area contributed by atoms with Crippen LogP contribution < -0.4 is 0 Å². The van der Waals surface area contributed by atoms with E-state index in [4.69, 9.17) is 0 Å². The molecule has 0 heterocycles. The fourth-order valence-electron chi connectivity index (χ4n) is 9.71. The van der Waals surface area contributed by atoms with Gasteiger partial charge in [-0.3, -0.25) is 5.01 Å². The van der Waals surface area contributed by atoms with Crippen LogP contribution in [-0.4, -0.2) is 18.6 Å². The fraction of sp³-hybridized carbons (Fsp3) is 0.931. The second-order valence-corrected chi connectivity index (χ2v) is 12.7. The molecule has 0 saturated heterocycles. The normalized spacial score (nSPS) is 41.6. The molecular weight excluding hydrogens is 390 g/mol. The predicted molar refractivity (Wildman–Crippen MR) is 135 cm³/mol. The van der Waals surface area contributed by atoms with E-state index in [9.17, 15) is 0 Å². The minimum absolute atomic E-state index is 0.531. The lowest BCUT2D eigenvalue weighted by atomic mass is 9.47. The molecular formula is C29H51N3. The zero-order chi connectivity index (χ0) is 23.1. The number of nitrogens with zero attached hydrogens (tertiary/aromatic N) is 3. The highest BCUT2D eigenvalue weighted by molar-refractivity contribution is 5.08. The monoisotopic (exact) mass is 441 g/mol. The Morgan fingerprint density at radius 2 is 1.72 bits per heavy atom. The smallest absolute Gasteiger partial charge is 0.0509 e. The highest BCUT2D eigenvalue weighted by Gasteiger charge is 2.58. The lowest BCUT2D eigenvalue weighted by Gasteiger charge is -2.58. The fourth-order valence-corrected chi connectivity index (χ4v) is 9.71. The lowest BCUT2D eigenvalue weighted by molar-refractivity contribution is -0.0864. The average Bonchev–Trinajstić information content (AvgIpc) is 3.15. The largest absolute Gasteiger partial charge is 0.252 e. The van der Waals surface area contributed by atoms with E-state index in [1.807, 2.05) is 5.01 Å². The van der Waals surface area contributed by atoms with Crippen LogP contribution in [0.15, 0.2) is 22.6 Å². The molecule has 4 aliphatic carbocycles. The summed E-state index contributed by atoms with van der Waals surface area (Å²) >= 11 is 0. The van der Waals surface area contributed by atoms with Crippen molar-refractivity contribution < 1.29 is 0 Å². The van der Waals surface area contributed by atoms with Crippen LogP contribution in [0.2, 0.25) is 0 Å². The van der Waals surface area contributed by atoms with Gasteiger partial charge in [0.25, 0.3) is 0 Å². The highest BCUT2D eigenvalue weighted by atomic mass is 15.5. The molecule has 3 heteroatoms. The van der Waals surface area contributed by atoms with Crippen molar-refractivity contribution in [3.63, 3.8) is 0 Å². The van der Waals surface area contributed by atoms with Gasteiger partial charge in [0.1, 0.15) is 0 Å². The van der Waals surface area contributed by atoms with E-state index in [1.54, 1.807) is 7.05 Å². The molecule has 3 nitrogen and oxygen atoms in total. The van der Waals surface area contributed by atoms with Gasteiger partial charge in [-0.15, -0.1) is 0 Å². The third-order valence-corrected chi connectivity index (χ3v) is 11.6. The van der Waals surface area contributed by atoms with Gasteiger partial charge in [-0.25, -0.2) is 0 Å². The third kappa shape index (κ3) is 4.09. The van der Waals surface area contributed by atoms with Crippen LogP contribution in [0.4, 0.5) is 0 Å². The van der Waals surface area contributed by atoms with E-state index < -0.39 is 0 Å². The molecule has 4 aliphatic rings. The summed E-state index contributed by atoms with van der Waals surface area (Å²) in [7, 11) is 1.77. The van der Waals surface area contributed by atoms with Crippen molar-refractivity contribution in [1.82, 2.24) is 5.01 Å². The number of allylic oxidation sites excluding steroid dienone is 1. The highest BCUT2D eigenvalue weighted by Crippen LogP contribution is 2.66. The van der Waals surface area contributed by atoms with Crippen LogP contribution in [-0.2, 0) is 0 Å². The minimum Gasteiger partial charge on any atom is -0.252 e. The molecule has 8 atom stereocenters. The van der Waals surface area contributed by atoms with Crippen molar-refractivity contribution in [3.05, 3.63) is 12.3 Å². The number of hydrogen-bond donors (Lipinski definition) is 0. The van der Waals surface area contributed by atoms with Gasteiger partial charge in [0.05, 0.1) is 7.05 Å². The molecule has 8 unspecified atom stereocenters. The summed E-state index contributed by atoms with van der Waals surface area (Å²) in [5.41, 5.74) is 2.22. The van der Waals surface area contributed by atoms with Gasteiger partial charge in [-0.2, -0.15) is 5.11 Å². The topological polar surface area (TPSA) is 28.0 Å². The first-order chi connectivity index (χ1) is 15.3. The summed E-state index contributed by atoms with van der Waals surface area (Å²) in [6.07, 6.45) is 16.3. The predicted octanol–water partition coefficient (Wildman–Crippen LogP) is 8.53. The van der Waals surface area contributed by atoms with E-state index in [0.29, 0.717) is 16.7 Å². The lowest BCUT2D eigenvalue weighted by Crippen LogP contribution is -2.50. The Morgan fingerprint density at radius 1 is 1.00 bits per heavy atom. The summed E-state index contributed by atoms with van der Waals surface area (Å²) in [5.74, 6) is 6.55. The van der Waals surface area contributed by atoms with Gasteiger partial charge in [-0.1, -0.05) is 52.3 Å². The first kappa shape index (κ1) is 24.3. The summed E-state index contributed by atoms with van der Waals surface area (Å²) in [5, 5.41) is 10.4. The van der Waals surface area contributed by atoms with Crippen LogP contribution >= 0.6 is 0 Å². The molecule has 4 fully saturated rings. The van der Waals surface area contributed by atoms with E-state index in [2.05, 4.69) is 51.5 Å². The molecule has 0 aromatic heterocycles. The maximum absolute atomic E-state index is 4.36. The van der Waals surface area contributed by atoms with Crippen molar-refractivity contribution >= 4 is 0 Å². The molecule has 0 spiro atoms. The molecule has 0 amide bonds. The van der Waals surface area contributed by atoms with Gasteiger partial charge in [0, 0.05) is 12.2 Å². The zero-order valence-corrected chi connectivity index (χ0v) is 22.1. The molecule has 0 N–H and O–H groups in total. The second kappa shape index (κ2) is 9.41. The summed E-state index contributed by atoms with van der Waals surface area (Å²) < 4.78 is 0. The van der Waals surface area contributed by atoms with Crippen LogP contribution in [0.1, 0.15) is 105 Å². The number of rotatable bonds is 7. The van der Waals surface area contributed by atoms with Gasteiger partial charge in [0.15, 0.2) is 0 Å². The van der Waals surface area contributed by atoms with Gasteiger partial charge >= 0.3 is 0 Å². The van der Waals surface area contributed by atoms with Crippen LogP contribution in [0.25, 0.3) is 0 Å². The van der Waals surface area contributed by atoms with E-state index in [1.165, 1.54) is 70.6 Å². The Labute approximate surface area is 198 Å². The third-order valence-electron chi connectivity index (χ3n) is 11.6. The van der Waals surface area contributed by atoms with Crippen molar-refractivity contribution in [3.8, 4) is 0 Å². The Kier molecular flexibility index (Phi) is 7.14. The van der Waals surface area contributed by atoms with Gasteiger partial charge in [-0.05, 0) is 117 Å². The van der Waals surface area contributed by atoms with Crippen molar-refractivity contribution in [1.29, 1.82) is 0 Å². The van der Waals surface area contributed by atoms with Crippen molar-refractivity contribution in [2.24, 2.45) is 62.6 Å². The summed E-state index contributed by atoms with van der Waals surface area (Å²) in [4.78, 5) is 0. The standard InChI is InChI=1S/C29H51N3/c1-8-29(9-2)17-15-23-22(18-29)10-11-25-24(23)14-16-28(6)26(12-13-27(25)28)21(5)19-32(20(3)4)31-30-7/h21-27H,3,8-19H2,1-2,4-7H3. The van der Waals surface area contributed by atoms with E-state index >= 15 is 0 Å². The van der Waals surface area contributed by atoms with Crippen molar-refractivity contribution in [2.75, 3.05) is 13.6 Å². The van der Waals surface area contributed by atoms with E-state index in [0.717, 1.165) is 47.7 Å². The van der Waals surface area contributed by atoms with Gasteiger partial charge < -0.3 is 0 Å². The van der Waals surface area contributed by atoms with Crippen LogP contribution in [0.3, 0.4) is 0 Å². The Bertz CT molecular complexity index is 695. The molecule has 32 heavy (non-hydrogen) atoms. The Hall–Kier alpha value is -0.860. The van der Waals surface area contributed by atoms with Crippen molar-refractivity contribution in [2.45, 2.75) is 105 Å². The second-order valence-electron chi connectivity index (χ2n) is 12.7. The first-order valence-corrected chi connectivity index (χ1v) is 14.0. The zero-order valence-electron chi connectivity index (χ0n) is 22.1. The molecule has 0 aliphatic heterocycles. The minimum atomic E-state index is 0.531. The molecule has 182 valence electrons. The maximum atomic E-state index is 4.36. The van der Waals surface area contributed by atoms with Crippen LogP contribution in [0, 0.1) is 52.3 Å². The first-order valence-electron chi connectivity index (χ1n) is 14.0. The molecule has 0 radical (unpaired) electrons. The Morgan fingerprint density at radius 3 is 2.38 bits per heavy atom. The quantitative estimate of drug-likeness (QED) is 0.287.